The van der Waals surface area contributed by atoms with Gasteiger partial charge in [-0.3, -0.25) is 20.0 Å². The predicted molar refractivity (Wildman–Crippen MR) is 153 cm³/mol. The van der Waals surface area contributed by atoms with Crippen LogP contribution in [0.4, 0.5) is 5.13 Å². The topological polar surface area (TPSA) is 93.7 Å². The molecule has 0 fully saturated rings. The molecule has 0 saturated heterocycles. The van der Waals surface area contributed by atoms with E-state index in [4.69, 9.17) is 14.5 Å². The number of rotatable bonds is 9. The molecule has 0 saturated carbocycles. The number of nitrogens with zero attached hydrogens (tertiary/aromatic N) is 3. The normalized spacial score (nSPS) is 14.0. The number of esters is 1. The predicted octanol–water partition coefficient (Wildman–Crippen LogP) is 5.71. The van der Waals surface area contributed by atoms with Crippen molar-refractivity contribution in [3.63, 3.8) is 0 Å². The van der Waals surface area contributed by atoms with Crippen molar-refractivity contribution < 1.29 is 19.1 Å². The Morgan fingerprint density at radius 3 is 2.77 bits per heavy atom. The molecular weight excluding hydrogens is 512 g/mol. The van der Waals surface area contributed by atoms with Gasteiger partial charge in [0, 0.05) is 47.1 Å². The van der Waals surface area contributed by atoms with E-state index in [0.717, 1.165) is 65.1 Å². The lowest BCUT2D eigenvalue weighted by molar-refractivity contribution is -0.124. The summed E-state index contributed by atoms with van der Waals surface area (Å²) in [5.41, 5.74) is 4.71. The van der Waals surface area contributed by atoms with Crippen LogP contribution in [0, 0.1) is 0 Å². The van der Waals surface area contributed by atoms with Gasteiger partial charge in [0.1, 0.15) is 5.75 Å². The summed E-state index contributed by atoms with van der Waals surface area (Å²) in [6.07, 6.45) is 1.18. The fraction of sp³-hybridized carbons (Fsp3) is 0.333. The molecule has 2 aromatic heterocycles. The molecule has 5 rings (SSSR count). The van der Waals surface area contributed by atoms with Crippen molar-refractivity contribution in [3.05, 3.63) is 70.7 Å². The minimum Gasteiger partial charge on any atom is -0.497 e. The van der Waals surface area contributed by atoms with E-state index in [9.17, 15) is 9.59 Å². The molecule has 8 nitrogen and oxygen atoms in total. The number of nitrogens with one attached hydrogen (secondary N) is 1. The van der Waals surface area contributed by atoms with Crippen LogP contribution in [0.25, 0.3) is 22.2 Å². The van der Waals surface area contributed by atoms with Crippen molar-refractivity contribution >= 4 is 39.2 Å². The van der Waals surface area contributed by atoms with E-state index in [1.807, 2.05) is 60.8 Å². The highest BCUT2D eigenvalue weighted by Gasteiger charge is 2.29. The van der Waals surface area contributed by atoms with Crippen LogP contribution in [0.15, 0.2) is 53.9 Å². The number of fused-ring (bicyclic) bond motifs is 2. The zero-order chi connectivity index (χ0) is 27.4. The van der Waals surface area contributed by atoms with Crippen LogP contribution in [0.5, 0.6) is 5.75 Å². The van der Waals surface area contributed by atoms with Gasteiger partial charge in [0.2, 0.25) is 0 Å². The van der Waals surface area contributed by atoms with Gasteiger partial charge < -0.3 is 9.47 Å². The lowest BCUT2D eigenvalue weighted by Crippen LogP contribution is -2.35. The van der Waals surface area contributed by atoms with Crippen LogP contribution < -0.4 is 10.1 Å². The minimum atomic E-state index is -0.959. The van der Waals surface area contributed by atoms with E-state index in [-0.39, 0.29) is 0 Å². The standard InChI is InChI=1S/C30H32N4O4S/c1-4-14-34-15-13-24-22(17-34)27(21-11-6-7-12-23(21)31-24)29(36)38-26(5-2)28(35)33-30-32-25(18-39-30)19-9-8-10-20(16-19)37-3/h6-12,16,18,26H,4-5,13-15,17H2,1-3H3,(H,32,33,35). The summed E-state index contributed by atoms with van der Waals surface area (Å²) in [7, 11) is 1.61. The summed E-state index contributed by atoms with van der Waals surface area (Å²) < 4.78 is 11.2. The summed E-state index contributed by atoms with van der Waals surface area (Å²) in [5.74, 6) is -0.175. The maximum absolute atomic E-state index is 13.7. The number of pyridine rings is 1. The van der Waals surface area contributed by atoms with E-state index in [1.54, 1.807) is 7.11 Å². The Hall–Kier alpha value is -3.82. The highest BCUT2D eigenvalue weighted by atomic mass is 32.1. The average Bonchev–Trinajstić information content (AvgIpc) is 3.43. The first-order chi connectivity index (χ1) is 19.0. The number of ether oxygens (including phenoxy) is 2. The fourth-order valence-corrected chi connectivity index (χ4v) is 5.65. The molecule has 0 aliphatic carbocycles. The monoisotopic (exact) mass is 544 g/mol. The van der Waals surface area contributed by atoms with Crippen molar-refractivity contribution in [1.29, 1.82) is 0 Å². The van der Waals surface area contributed by atoms with Crippen molar-refractivity contribution in [1.82, 2.24) is 14.9 Å². The highest BCUT2D eigenvalue weighted by molar-refractivity contribution is 7.14. The number of carbonyl (C=O) groups is 2. The fourth-order valence-electron chi connectivity index (χ4n) is 4.93. The molecular formula is C30H32N4O4S. The lowest BCUT2D eigenvalue weighted by atomic mass is 9.95. The number of para-hydroxylation sites is 1. The quantitative estimate of drug-likeness (QED) is 0.270. The van der Waals surface area contributed by atoms with Gasteiger partial charge in [-0.1, -0.05) is 44.2 Å². The molecule has 9 heteroatoms. The summed E-state index contributed by atoms with van der Waals surface area (Å²) in [6.45, 7) is 6.47. The third kappa shape index (κ3) is 5.79. The number of methoxy groups -OCH3 is 1. The van der Waals surface area contributed by atoms with Crippen molar-refractivity contribution in [2.75, 3.05) is 25.5 Å². The van der Waals surface area contributed by atoms with E-state index in [2.05, 4.69) is 22.1 Å². The second kappa shape index (κ2) is 11.9. The summed E-state index contributed by atoms with van der Waals surface area (Å²) in [6, 6.07) is 15.2. The van der Waals surface area contributed by atoms with E-state index in [0.29, 0.717) is 23.7 Å². The summed E-state index contributed by atoms with van der Waals surface area (Å²) in [4.78, 5) is 38.6. The zero-order valence-electron chi connectivity index (χ0n) is 22.4. The molecule has 4 aromatic rings. The molecule has 0 spiro atoms. The number of hydrogen-bond acceptors (Lipinski definition) is 8. The SMILES string of the molecule is CCCN1CCc2nc3ccccc3c(C(=O)OC(CC)C(=O)Nc3nc(-c4cccc(OC)c4)cs3)c2C1. The van der Waals surface area contributed by atoms with Gasteiger partial charge in [-0.15, -0.1) is 11.3 Å². The number of anilines is 1. The van der Waals surface area contributed by atoms with Crippen LogP contribution in [0.3, 0.4) is 0 Å². The molecule has 1 aliphatic heterocycles. The first-order valence-corrected chi connectivity index (χ1v) is 14.1. The molecule has 0 radical (unpaired) electrons. The Kier molecular flexibility index (Phi) is 8.18. The highest BCUT2D eigenvalue weighted by Crippen LogP contribution is 2.30. The van der Waals surface area contributed by atoms with E-state index >= 15 is 0 Å². The van der Waals surface area contributed by atoms with Crippen LogP contribution >= 0.6 is 11.3 Å². The first-order valence-electron chi connectivity index (χ1n) is 13.2. The second-order valence-electron chi connectivity index (χ2n) is 9.52. The van der Waals surface area contributed by atoms with Crippen LogP contribution in [0.1, 0.15) is 48.3 Å². The molecule has 1 N–H and O–H groups in total. The van der Waals surface area contributed by atoms with Crippen molar-refractivity contribution in [3.8, 4) is 17.0 Å². The van der Waals surface area contributed by atoms with Crippen molar-refractivity contribution in [2.45, 2.75) is 45.8 Å². The van der Waals surface area contributed by atoms with Gasteiger partial charge in [-0.25, -0.2) is 9.78 Å². The molecule has 202 valence electrons. The average molecular weight is 545 g/mol. The van der Waals surface area contributed by atoms with Crippen LogP contribution in [-0.4, -0.2) is 53.0 Å². The molecule has 1 unspecified atom stereocenters. The van der Waals surface area contributed by atoms with Crippen LogP contribution in [0.2, 0.25) is 0 Å². The Labute approximate surface area is 232 Å². The van der Waals surface area contributed by atoms with Gasteiger partial charge in [-0.2, -0.15) is 0 Å². The Morgan fingerprint density at radius 1 is 1.13 bits per heavy atom. The zero-order valence-corrected chi connectivity index (χ0v) is 23.2. The third-order valence-corrected chi connectivity index (χ3v) is 7.64. The third-order valence-electron chi connectivity index (χ3n) is 6.88. The molecule has 1 aliphatic rings. The number of thiazole rings is 1. The largest absolute Gasteiger partial charge is 0.497 e. The van der Waals surface area contributed by atoms with Gasteiger partial charge >= 0.3 is 5.97 Å². The van der Waals surface area contributed by atoms with Crippen molar-refractivity contribution in [2.24, 2.45) is 0 Å². The number of carbonyl (C=O) groups excluding carboxylic acids is 2. The minimum absolute atomic E-state index is 0.332. The molecule has 39 heavy (non-hydrogen) atoms. The number of aromatic nitrogens is 2. The Morgan fingerprint density at radius 2 is 1.97 bits per heavy atom. The smallest absolute Gasteiger partial charge is 0.340 e. The maximum atomic E-state index is 13.7. The van der Waals surface area contributed by atoms with Gasteiger partial charge in [0.25, 0.3) is 5.91 Å². The second-order valence-corrected chi connectivity index (χ2v) is 10.4. The van der Waals surface area contributed by atoms with E-state index < -0.39 is 18.0 Å². The number of amides is 1. The summed E-state index contributed by atoms with van der Waals surface area (Å²) >= 11 is 1.32. The lowest BCUT2D eigenvalue weighted by Gasteiger charge is -2.29. The number of benzene rings is 2. The maximum Gasteiger partial charge on any atom is 0.340 e. The van der Waals surface area contributed by atoms with E-state index in [1.165, 1.54) is 11.3 Å². The van der Waals surface area contributed by atoms with Gasteiger partial charge in [0.05, 0.1) is 23.9 Å². The summed E-state index contributed by atoms with van der Waals surface area (Å²) in [5, 5.41) is 5.89. The molecule has 0 bridgehead atoms. The number of hydrogen-bond donors (Lipinski definition) is 1. The van der Waals surface area contributed by atoms with Gasteiger partial charge in [0.15, 0.2) is 11.2 Å². The molecule has 2 aromatic carbocycles. The Balaban J connectivity index is 1.36. The molecule has 1 atom stereocenters. The Bertz CT molecular complexity index is 1500. The van der Waals surface area contributed by atoms with Crippen LogP contribution in [-0.2, 0) is 22.5 Å². The molecule has 3 heterocycles. The van der Waals surface area contributed by atoms with Gasteiger partial charge in [-0.05, 0) is 37.6 Å². The first kappa shape index (κ1) is 26.8. The molecule has 1 amide bonds.